The summed E-state index contributed by atoms with van der Waals surface area (Å²) in [6.07, 6.45) is 4.35. The zero-order chi connectivity index (χ0) is 55.0. The van der Waals surface area contributed by atoms with E-state index in [9.17, 15) is 10.5 Å². The molecular weight excluding hydrogens is 945 g/mol. The summed E-state index contributed by atoms with van der Waals surface area (Å²) in [7, 11) is 0. The van der Waals surface area contributed by atoms with Gasteiger partial charge in [-0.25, -0.2) is 0 Å². The average molecular weight is 1010 g/mol. The first-order valence-corrected chi connectivity index (χ1v) is 27.3. The number of benzene rings is 9. The van der Waals surface area contributed by atoms with Crippen LogP contribution in [0.25, 0.3) is 105 Å². The summed E-state index contributed by atoms with van der Waals surface area (Å²) < 4.78 is 4.71. The second-order valence-electron chi connectivity index (χ2n) is 22.2. The number of hydrogen-bond donors (Lipinski definition) is 0. The minimum atomic E-state index is 0.161. The van der Waals surface area contributed by atoms with Gasteiger partial charge in [-0.2, -0.15) is 10.5 Å². The number of aryl methyl sites for hydroxylation is 12. The fraction of sp³-hybridized carbons (Fsp3) is 0.189. The van der Waals surface area contributed by atoms with Crippen LogP contribution in [0, 0.1) is 106 Å². The molecule has 78 heavy (non-hydrogen) atoms. The number of allylic oxidation sites excluding steroid dienone is 4. The summed E-state index contributed by atoms with van der Waals surface area (Å²) in [5, 5.41) is 26.3. The normalized spacial score (nSPS) is 12.1. The van der Waals surface area contributed by atoms with Crippen molar-refractivity contribution < 1.29 is 0 Å². The lowest BCUT2D eigenvalue weighted by atomic mass is 9.91. The van der Waals surface area contributed by atoms with Gasteiger partial charge in [0.15, 0.2) is 0 Å². The van der Waals surface area contributed by atoms with Crippen molar-refractivity contribution in [3.05, 3.63) is 230 Å². The van der Waals surface area contributed by atoms with Crippen LogP contribution in [0.4, 0.5) is 0 Å². The quantitative estimate of drug-likeness (QED) is 0.135. The third-order valence-electron chi connectivity index (χ3n) is 16.3. The highest BCUT2D eigenvalue weighted by Gasteiger charge is 2.26. The number of nitrogens with zero attached hydrogens (tertiary/aromatic N) is 4. The summed E-state index contributed by atoms with van der Waals surface area (Å²) in [6.45, 7) is 28.4. The van der Waals surface area contributed by atoms with E-state index in [1.807, 2.05) is 12.1 Å². The summed E-state index contributed by atoms with van der Waals surface area (Å²) in [4.78, 5) is 0. The maximum Gasteiger partial charge on any atom is 0.0998 e. The highest BCUT2D eigenvalue weighted by Crippen LogP contribution is 2.46. The van der Waals surface area contributed by atoms with E-state index in [-0.39, 0.29) is 6.42 Å². The largest absolute Gasteiger partial charge is 0.309 e. The minimum absolute atomic E-state index is 0.161. The molecule has 0 saturated carbocycles. The van der Waals surface area contributed by atoms with Crippen molar-refractivity contribution in [3.63, 3.8) is 0 Å². The molecule has 0 bridgehead atoms. The summed E-state index contributed by atoms with van der Waals surface area (Å²) in [5.41, 5.74) is 32.7. The molecule has 4 nitrogen and oxygen atoms in total. The zero-order valence-electron chi connectivity index (χ0n) is 47.4. The number of nitriles is 2. The lowest BCUT2D eigenvalue weighted by Gasteiger charge is -2.22. The van der Waals surface area contributed by atoms with Crippen molar-refractivity contribution >= 4 is 54.9 Å². The summed E-state index contributed by atoms with van der Waals surface area (Å²) >= 11 is 0. The van der Waals surface area contributed by atoms with Crippen LogP contribution >= 0.6 is 0 Å². The Morgan fingerprint density at radius 2 is 0.756 bits per heavy atom. The van der Waals surface area contributed by atoms with E-state index in [0.717, 1.165) is 77.3 Å². The van der Waals surface area contributed by atoms with Crippen LogP contribution in [0.5, 0.6) is 0 Å². The number of hydrogen-bond acceptors (Lipinski definition) is 2. The molecule has 382 valence electrons. The Hall–Kier alpha value is -8.96. The molecule has 9 aromatic carbocycles. The van der Waals surface area contributed by atoms with E-state index in [0.29, 0.717) is 5.56 Å². The van der Waals surface area contributed by atoms with Gasteiger partial charge in [0.1, 0.15) is 0 Å². The Kier molecular flexibility index (Phi) is 13.0. The standard InChI is InChI=1S/C74H66N4/c1-14-59(64(19-16-28-75)77-65-24-20-54(70-46(6)29-42(2)30-47(70)7)37-60(65)61-38-55(21-25-66(61)77)71-48(8)31-43(3)32-49(71)9)74-58(41-76)17-15-18-69(74)78-67-26-22-56(72-50(10)33-44(4)34-51(72)11)39-62(67)63-40-57(23-27-68(63)78)73-52(12)35-45(5)36-53(73)13/h14-15,17-27,29-40H,16H2,1-13H3/b59-14+,64-19+. The third kappa shape index (κ3) is 8.54. The van der Waals surface area contributed by atoms with Gasteiger partial charge in [-0.3, -0.25) is 0 Å². The number of fused-ring (bicyclic) bond motifs is 6. The van der Waals surface area contributed by atoms with Crippen molar-refractivity contribution in [1.82, 2.24) is 9.13 Å². The second kappa shape index (κ2) is 19.9. The molecule has 11 aromatic rings. The van der Waals surface area contributed by atoms with Crippen LogP contribution in [-0.4, -0.2) is 9.13 Å². The first-order valence-electron chi connectivity index (χ1n) is 27.3. The van der Waals surface area contributed by atoms with Crippen LogP contribution < -0.4 is 0 Å². The molecule has 11 rings (SSSR count). The van der Waals surface area contributed by atoms with Crippen molar-refractivity contribution in [2.75, 3.05) is 0 Å². The van der Waals surface area contributed by atoms with Gasteiger partial charge in [0, 0.05) is 32.7 Å². The summed E-state index contributed by atoms with van der Waals surface area (Å²) in [5.74, 6) is 0. The van der Waals surface area contributed by atoms with Gasteiger partial charge in [-0.05, 0) is 246 Å². The summed E-state index contributed by atoms with van der Waals surface area (Å²) in [6, 6.07) is 57.0. The predicted molar refractivity (Wildman–Crippen MR) is 332 cm³/mol. The monoisotopic (exact) mass is 1010 g/mol. The highest BCUT2D eigenvalue weighted by atomic mass is 15.0. The molecule has 2 heterocycles. The van der Waals surface area contributed by atoms with Gasteiger partial charge >= 0.3 is 0 Å². The molecule has 2 aromatic heterocycles. The molecule has 0 radical (unpaired) electrons. The average Bonchev–Trinajstić information content (AvgIpc) is 3.93. The Bertz CT molecular complexity index is 4180. The fourth-order valence-corrected chi connectivity index (χ4v) is 13.7. The molecule has 0 aliphatic rings. The smallest absolute Gasteiger partial charge is 0.0998 e. The van der Waals surface area contributed by atoms with Crippen LogP contribution in [0.3, 0.4) is 0 Å². The maximum atomic E-state index is 11.3. The van der Waals surface area contributed by atoms with Gasteiger partial charge in [0.2, 0.25) is 0 Å². The van der Waals surface area contributed by atoms with Crippen molar-refractivity contribution in [2.24, 2.45) is 0 Å². The molecular formula is C74H66N4. The molecule has 0 fully saturated rings. The second-order valence-corrected chi connectivity index (χ2v) is 22.2. The molecule has 4 heteroatoms. The Morgan fingerprint density at radius 3 is 1.08 bits per heavy atom. The minimum Gasteiger partial charge on any atom is -0.309 e. The van der Waals surface area contributed by atoms with Crippen LogP contribution in [0.15, 0.2) is 152 Å². The van der Waals surface area contributed by atoms with Gasteiger partial charge < -0.3 is 9.13 Å². The fourth-order valence-electron chi connectivity index (χ4n) is 13.7. The SMILES string of the molecule is C/C=C(\C(=C/CC#N)n1c2ccc(-c3c(C)cc(C)cc3C)cc2c2cc(-c3c(C)cc(C)cc3C)ccc21)c1c(C#N)cccc1-n1c2ccc(-c3c(C)cc(C)cc3C)cc2c2cc(-c3c(C)cc(C)cc3C)ccc21. The molecule has 0 aliphatic heterocycles. The lowest BCUT2D eigenvalue weighted by Crippen LogP contribution is -2.07. The predicted octanol–water partition coefficient (Wildman–Crippen LogP) is 20.0. The zero-order valence-corrected chi connectivity index (χ0v) is 47.4. The lowest BCUT2D eigenvalue weighted by molar-refractivity contribution is 1.16. The van der Waals surface area contributed by atoms with E-state index in [4.69, 9.17) is 0 Å². The molecule has 0 aliphatic carbocycles. The molecule has 0 amide bonds. The van der Waals surface area contributed by atoms with E-state index in [2.05, 4.69) is 251 Å². The van der Waals surface area contributed by atoms with Gasteiger partial charge in [-0.1, -0.05) is 107 Å². The van der Waals surface area contributed by atoms with E-state index in [1.165, 1.54) is 100 Å². The Balaban J connectivity index is 1.20. The van der Waals surface area contributed by atoms with Crippen LogP contribution in [-0.2, 0) is 0 Å². The van der Waals surface area contributed by atoms with E-state index >= 15 is 0 Å². The first kappa shape index (κ1) is 51.2. The maximum absolute atomic E-state index is 11.3. The van der Waals surface area contributed by atoms with E-state index in [1.54, 1.807) is 0 Å². The topological polar surface area (TPSA) is 57.4 Å². The molecule has 0 atom stereocenters. The Morgan fingerprint density at radius 1 is 0.423 bits per heavy atom. The van der Waals surface area contributed by atoms with Crippen molar-refractivity contribution in [3.8, 4) is 62.3 Å². The Labute approximate surface area is 460 Å². The van der Waals surface area contributed by atoms with Gasteiger partial charge in [-0.15, -0.1) is 0 Å². The third-order valence-corrected chi connectivity index (χ3v) is 16.3. The van der Waals surface area contributed by atoms with Crippen LogP contribution in [0.2, 0.25) is 0 Å². The molecule has 0 unspecified atom stereocenters. The van der Waals surface area contributed by atoms with Gasteiger partial charge in [0.05, 0.1) is 57.6 Å². The van der Waals surface area contributed by atoms with Crippen molar-refractivity contribution in [2.45, 2.75) is 96.4 Å². The number of rotatable bonds is 9. The molecule has 0 N–H and O–H groups in total. The molecule has 0 saturated heterocycles. The molecule has 0 spiro atoms. The van der Waals surface area contributed by atoms with E-state index < -0.39 is 0 Å². The van der Waals surface area contributed by atoms with Crippen molar-refractivity contribution in [1.29, 1.82) is 10.5 Å². The van der Waals surface area contributed by atoms with Crippen LogP contribution in [0.1, 0.15) is 91.2 Å². The highest BCUT2D eigenvalue weighted by molar-refractivity contribution is 6.17. The first-order chi connectivity index (χ1) is 37.5. The van der Waals surface area contributed by atoms with Gasteiger partial charge in [0.25, 0.3) is 0 Å². The number of aromatic nitrogens is 2.